The SMILES string of the molecule is NC(=O)NC(=O)NCc1ccc(Cl)cc1. The monoisotopic (exact) mass is 227 g/mol. The maximum absolute atomic E-state index is 10.9. The highest BCUT2D eigenvalue weighted by Gasteiger charge is 2.02. The van der Waals surface area contributed by atoms with Crippen LogP contribution in [0.1, 0.15) is 5.56 Å². The number of carbonyl (C=O) groups excluding carboxylic acids is 2. The van der Waals surface area contributed by atoms with Crippen LogP contribution in [-0.2, 0) is 6.54 Å². The van der Waals surface area contributed by atoms with Crippen LogP contribution < -0.4 is 16.4 Å². The molecule has 1 rings (SSSR count). The Hall–Kier alpha value is -1.75. The van der Waals surface area contributed by atoms with Gasteiger partial charge in [-0.25, -0.2) is 9.59 Å². The lowest BCUT2D eigenvalue weighted by Gasteiger charge is -2.04. The molecule has 0 aliphatic heterocycles. The molecule has 0 bridgehead atoms. The third-order valence-corrected chi connectivity index (χ3v) is 1.86. The van der Waals surface area contributed by atoms with Crippen molar-refractivity contribution in [2.45, 2.75) is 6.54 Å². The second kappa shape index (κ2) is 5.21. The highest BCUT2D eigenvalue weighted by molar-refractivity contribution is 6.30. The first kappa shape index (κ1) is 11.3. The fraction of sp³-hybridized carbons (Fsp3) is 0.111. The van der Waals surface area contributed by atoms with Crippen LogP contribution in [0.15, 0.2) is 24.3 Å². The zero-order valence-corrected chi connectivity index (χ0v) is 8.54. The van der Waals surface area contributed by atoms with Gasteiger partial charge in [0.15, 0.2) is 0 Å². The summed E-state index contributed by atoms with van der Waals surface area (Å²) < 4.78 is 0. The van der Waals surface area contributed by atoms with Crippen molar-refractivity contribution >= 4 is 23.7 Å². The minimum absolute atomic E-state index is 0.302. The third-order valence-electron chi connectivity index (χ3n) is 1.60. The van der Waals surface area contributed by atoms with Gasteiger partial charge in [-0.3, -0.25) is 5.32 Å². The molecule has 15 heavy (non-hydrogen) atoms. The first-order valence-electron chi connectivity index (χ1n) is 4.16. The van der Waals surface area contributed by atoms with Crippen molar-refractivity contribution in [2.75, 3.05) is 0 Å². The largest absolute Gasteiger partial charge is 0.351 e. The van der Waals surface area contributed by atoms with Gasteiger partial charge >= 0.3 is 12.1 Å². The van der Waals surface area contributed by atoms with Crippen molar-refractivity contribution in [2.24, 2.45) is 5.73 Å². The third kappa shape index (κ3) is 4.33. The van der Waals surface area contributed by atoms with E-state index in [4.69, 9.17) is 17.3 Å². The molecule has 0 radical (unpaired) electrons. The van der Waals surface area contributed by atoms with Crippen molar-refractivity contribution in [3.63, 3.8) is 0 Å². The van der Waals surface area contributed by atoms with Gasteiger partial charge < -0.3 is 11.1 Å². The van der Waals surface area contributed by atoms with Crippen LogP contribution in [-0.4, -0.2) is 12.1 Å². The average Bonchev–Trinajstić information content (AvgIpc) is 2.16. The zero-order valence-electron chi connectivity index (χ0n) is 7.79. The molecule has 0 aromatic heterocycles. The standard InChI is InChI=1S/C9H10ClN3O2/c10-7-3-1-6(2-4-7)5-12-9(15)13-8(11)14/h1-4H,5H2,(H4,11,12,13,14,15). The lowest BCUT2D eigenvalue weighted by molar-refractivity contribution is 0.231. The zero-order chi connectivity index (χ0) is 11.3. The Labute approximate surface area is 91.6 Å². The smallest absolute Gasteiger partial charge is 0.323 e. The molecule has 0 saturated carbocycles. The molecule has 4 amide bonds. The Bertz CT molecular complexity index is 364. The van der Waals surface area contributed by atoms with Crippen LogP contribution in [0.4, 0.5) is 9.59 Å². The molecule has 0 atom stereocenters. The molecule has 0 saturated heterocycles. The fourth-order valence-electron chi connectivity index (χ4n) is 0.941. The average molecular weight is 228 g/mol. The van der Waals surface area contributed by atoms with Gasteiger partial charge in [0.1, 0.15) is 0 Å². The minimum Gasteiger partial charge on any atom is -0.351 e. The highest BCUT2D eigenvalue weighted by atomic mass is 35.5. The number of amides is 4. The molecular formula is C9H10ClN3O2. The second-order valence-electron chi connectivity index (χ2n) is 2.80. The molecule has 1 aromatic rings. The van der Waals surface area contributed by atoms with Crippen molar-refractivity contribution in [3.05, 3.63) is 34.9 Å². The number of imide groups is 1. The summed E-state index contributed by atoms with van der Waals surface area (Å²) in [5.41, 5.74) is 5.63. The predicted molar refractivity (Wildman–Crippen MR) is 56.4 cm³/mol. The number of urea groups is 2. The van der Waals surface area contributed by atoms with E-state index in [1.54, 1.807) is 24.3 Å². The summed E-state index contributed by atoms with van der Waals surface area (Å²) in [7, 11) is 0. The van der Waals surface area contributed by atoms with E-state index in [-0.39, 0.29) is 0 Å². The number of primary amides is 1. The fourth-order valence-corrected chi connectivity index (χ4v) is 1.07. The van der Waals surface area contributed by atoms with Crippen LogP contribution in [0.2, 0.25) is 5.02 Å². The number of nitrogens with one attached hydrogen (secondary N) is 2. The maximum atomic E-state index is 10.9. The number of hydrogen-bond donors (Lipinski definition) is 3. The van der Waals surface area contributed by atoms with Gasteiger partial charge in [-0.2, -0.15) is 0 Å². The molecule has 80 valence electrons. The summed E-state index contributed by atoms with van der Waals surface area (Å²) in [6.45, 7) is 0.302. The molecule has 6 heteroatoms. The second-order valence-corrected chi connectivity index (χ2v) is 3.23. The van der Waals surface area contributed by atoms with Crippen LogP contribution in [0, 0.1) is 0 Å². The number of rotatable bonds is 2. The van der Waals surface area contributed by atoms with Gasteiger partial charge in [0, 0.05) is 11.6 Å². The predicted octanol–water partition coefficient (Wildman–Crippen LogP) is 1.22. The van der Waals surface area contributed by atoms with E-state index in [9.17, 15) is 9.59 Å². The molecule has 0 heterocycles. The highest BCUT2D eigenvalue weighted by Crippen LogP contribution is 2.08. The van der Waals surface area contributed by atoms with Crippen molar-refractivity contribution in [3.8, 4) is 0 Å². The van der Waals surface area contributed by atoms with E-state index < -0.39 is 12.1 Å². The number of nitrogens with two attached hydrogens (primary N) is 1. The first-order chi connectivity index (χ1) is 7.08. The molecular weight excluding hydrogens is 218 g/mol. The Morgan fingerprint density at radius 2 is 1.87 bits per heavy atom. The molecule has 0 fully saturated rings. The van der Waals surface area contributed by atoms with Gasteiger partial charge in [0.2, 0.25) is 0 Å². The van der Waals surface area contributed by atoms with E-state index in [2.05, 4.69) is 5.32 Å². The summed E-state index contributed by atoms with van der Waals surface area (Å²) in [5.74, 6) is 0. The molecule has 0 aliphatic carbocycles. The summed E-state index contributed by atoms with van der Waals surface area (Å²) >= 11 is 5.68. The van der Waals surface area contributed by atoms with E-state index >= 15 is 0 Å². The molecule has 0 aliphatic rings. The lowest BCUT2D eigenvalue weighted by Crippen LogP contribution is -2.41. The Balaban J connectivity index is 2.40. The van der Waals surface area contributed by atoms with Crippen LogP contribution in [0.3, 0.4) is 0 Å². The molecule has 0 unspecified atom stereocenters. The maximum Gasteiger partial charge on any atom is 0.323 e. The van der Waals surface area contributed by atoms with Crippen molar-refractivity contribution in [1.82, 2.24) is 10.6 Å². The molecule has 4 N–H and O–H groups in total. The summed E-state index contributed by atoms with van der Waals surface area (Å²) in [6, 6.07) is 5.45. The molecule has 1 aromatic carbocycles. The number of carbonyl (C=O) groups is 2. The van der Waals surface area contributed by atoms with Crippen molar-refractivity contribution in [1.29, 1.82) is 0 Å². The number of hydrogen-bond acceptors (Lipinski definition) is 2. The van der Waals surface area contributed by atoms with Crippen molar-refractivity contribution < 1.29 is 9.59 Å². The normalized spacial score (nSPS) is 9.40. The van der Waals surface area contributed by atoms with E-state index in [1.165, 1.54) is 0 Å². The van der Waals surface area contributed by atoms with E-state index in [1.807, 2.05) is 5.32 Å². The van der Waals surface area contributed by atoms with E-state index in [0.29, 0.717) is 11.6 Å². The van der Waals surface area contributed by atoms with Gasteiger partial charge in [0.25, 0.3) is 0 Å². The van der Waals surface area contributed by atoms with Gasteiger partial charge in [0.05, 0.1) is 0 Å². The Morgan fingerprint density at radius 3 is 2.40 bits per heavy atom. The van der Waals surface area contributed by atoms with Crippen LogP contribution in [0.25, 0.3) is 0 Å². The minimum atomic E-state index is -0.886. The number of benzene rings is 1. The quantitative estimate of drug-likeness (QED) is 0.710. The summed E-state index contributed by atoms with van der Waals surface area (Å²) in [5, 5.41) is 4.97. The summed E-state index contributed by atoms with van der Waals surface area (Å²) in [6.07, 6.45) is 0. The van der Waals surface area contributed by atoms with Crippen LogP contribution in [0.5, 0.6) is 0 Å². The Morgan fingerprint density at radius 1 is 1.27 bits per heavy atom. The summed E-state index contributed by atoms with van der Waals surface area (Å²) in [4.78, 5) is 21.2. The van der Waals surface area contributed by atoms with Crippen LogP contribution >= 0.6 is 11.6 Å². The topological polar surface area (TPSA) is 84.2 Å². The van der Waals surface area contributed by atoms with Gasteiger partial charge in [-0.1, -0.05) is 23.7 Å². The van der Waals surface area contributed by atoms with E-state index in [0.717, 1.165) is 5.56 Å². The van der Waals surface area contributed by atoms with Gasteiger partial charge in [-0.05, 0) is 17.7 Å². The lowest BCUT2D eigenvalue weighted by atomic mass is 10.2. The number of halogens is 1. The Kier molecular flexibility index (Phi) is 3.93. The van der Waals surface area contributed by atoms with Gasteiger partial charge in [-0.15, -0.1) is 0 Å². The molecule has 5 nitrogen and oxygen atoms in total. The first-order valence-corrected chi connectivity index (χ1v) is 4.54. The molecule has 0 spiro atoms.